The van der Waals surface area contributed by atoms with Crippen LogP contribution >= 0.6 is 0 Å². The maximum absolute atomic E-state index is 13.8. The van der Waals surface area contributed by atoms with Crippen LogP contribution < -0.4 is 0 Å². The number of carbonyl (C=O) groups excluding carboxylic acids is 3. The molecular weight excluding hydrogens is 478 g/mol. The number of hydrogen-bond donors (Lipinski definition) is 0. The highest BCUT2D eigenvalue weighted by Gasteiger charge is 2.61. The summed E-state index contributed by atoms with van der Waals surface area (Å²) in [6.45, 7) is 2.14. The molecule has 1 fully saturated rings. The molecule has 0 unspecified atom stereocenters. The summed E-state index contributed by atoms with van der Waals surface area (Å²) in [6.07, 6.45) is 3.36. The predicted molar refractivity (Wildman–Crippen MR) is 142 cm³/mol. The Kier molecular flexibility index (Phi) is 5.08. The van der Waals surface area contributed by atoms with E-state index in [1.54, 1.807) is 23.9 Å². The average Bonchev–Trinajstić information content (AvgIpc) is 3.41. The van der Waals surface area contributed by atoms with E-state index in [-0.39, 0.29) is 36.2 Å². The number of para-hydroxylation sites is 1. The van der Waals surface area contributed by atoms with Gasteiger partial charge in [-0.25, -0.2) is 0 Å². The van der Waals surface area contributed by atoms with Crippen molar-refractivity contribution in [1.29, 1.82) is 0 Å². The Morgan fingerprint density at radius 3 is 1.92 bits per heavy atom. The molecule has 2 amide bonds. The molecule has 3 aliphatic carbocycles. The number of benzene rings is 3. The van der Waals surface area contributed by atoms with Crippen LogP contribution in [-0.4, -0.2) is 40.2 Å². The van der Waals surface area contributed by atoms with Crippen molar-refractivity contribution in [2.45, 2.75) is 25.3 Å². The minimum absolute atomic E-state index is 0.0633. The van der Waals surface area contributed by atoms with Crippen molar-refractivity contribution in [3.05, 3.63) is 107 Å². The summed E-state index contributed by atoms with van der Waals surface area (Å²) in [7, 11) is 0. The van der Waals surface area contributed by atoms with Gasteiger partial charge < -0.3 is 9.30 Å². The Labute approximate surface area is 219 Å². The second kappa shape index (κ2) is 8.52. The van der Waals surface area contributed by atoms with Crippen molar-refractivity contribution in [2.24, 2.45) is 16.9 Å². The van der Waals surface area contributed by atoms with Crippen molar-refractivity contribution in [3.8, 4) is 0 Å². The van der Waals surface area contributed by atoms with E-state index >= 15 is 0 Å². The van der Waals surface area contributed by atoms with Gasteiger partial charge in [-0.1, -0.05) is 66.7 Å². The van der Waals surface area contributed by atoms with Gasteiger partial charge in [0.15, 0.2) is 0 Å². The molecular formula is C31H25N3O4. The lowest BCUT2D eigenvalue weighted by Gasteiger charge is -2.45. The van der Waals surface area contributed by atoms with Crippen LogP contribution in [0.1, 0.15) is 46.6 Å². The highest BCUT2D eigenvalue weighted by Crippen LogP contribution is 2.60. The molecule has 4 aromatic rings. The van der Waals surface area contributed by atoms with E-state index < -0.39 is 11.8 Å². The van der Waals surface area contributed by atoms with Gasteiger partial charge in [0.1, 0.15) is 6.54 Å². The molecule has 2 bridgehead atoms. The summed E-state index contributed by atoms with van der Waals surface area (Å²) in [4.78, 5) is 39.7. The molecule has 0 N–H and O–H groups in total. The zero-order chi connectivity index (χ0) is 26.0. The molecule has 0 radical (unpaired) electrons. The van der Waals surface area contributed by atoms with Crippen molar-refractivity contribution in [1.82, 2.24) is 9.58 Å². The van der Waals surface area contributed by atoms with Crippen LogP contribution in [0.25, 0.3) is 10.9 Å². The summed E-state index contributed by atoms with van der Waals surface area (Å²) in [5, 5.41) is 6.41. The highest BCUT2D eigenvalue weighted by atomic mass is 16.5. The number of hydrogen-bond acceptors (Lipinski definition) is 5. The number of imide groups is 1. The number of hydrazone groups is 1. The van der Waals surface area contributed by atoms with Crippen molar-refractivity contribution >= 4 is 34.9 Å². The van der Waals surface area contributed by atoms with Gasteiger partial charge in [0.05, 0.1) is 24.7 Å². The maximum atomic E-state index is 13.8. The smallest absolute Gasteiger partial charge is 0.325 e. The van der Waals surface area contributed by atoms with Crippen molar-refractivity contribution in [3.63, 3.8) is 0 Å². The third kappa shape index (κ3) is 3.14. The first-order chi connectivity index (χ1) is 18.6. The first-order valence-corrected chi connectivity index (χ1v) is 12.9. The van der Waals surface area contributed by atoms with Crippen molar-refractivity contribution in [2.75, 3.05) is 6.61 Å². The lowest BCUT2D eigenvalue weighted by atomic mass is 9.55. The molecule has 2 atom stereocenters. The van der Waals surface area contributed by atoms with Crippen LogP contribution in [0.3, 0.4) is 0 Å². The molecule has 188 valence electrons. The largest absolute Gasteiger partial charge is 0.465 e. The van der Waals surface area contributed by atoms with Crippen LogP contribution in [0.4, 0.5) is 0 Å². The van der Waals surface area contributed by atoms with Crippen LogP contribution in [0.5, 0.6) is 0 Å². The molecule has 7 heteroatoms. The van der Waals surface area contributed by atoms with E-state index in [1.807, 2.05) is 48.5 Å². The van der Waals surface area contributed by atoms with E-state index in [4.69, 9.17) is 4.74 Å². The van der Waals surface area contributed by atoms with E-state index in [0.717, 1.165) is 43.7 Å². The first-order valence-electron chi connectivity index (χ1n) is 12.9. The first kappa shape index (κ1) is 22.7. The third-order valence-corrected chi connectivity index (χ3v) is 8.16. The second-order valence-electron chi connectivity index (χ2n) is 10.0. The number of amides is 2. The van der Waals surface area contributed by atoms with Gasteiger partial charge in [0.25, 0.3) is 11.8 Å². The Balaban J connectivity index is 1.26. The zero-order valence-electron chi connectivity index (χ0n) is 20.8. The van der Waals surface area contributed by atoms with Gasteiger partial charge in [-0.2, -0.15) is 10.1 Å². The quantitative estimate of drug-likeness (QED) is 0.229. The maximum Gasteiger partial charge on any atom is 0.325 e. The number of rotatable bonds is 5. The summed E-state index contributed by atoms with van der Waals surface area (Å²) in [5.41, 5.74) is 6.09. The minimum Gasteiger partial charge on any atom is -0.465 e. The Morgan fingerprint density at radius 1 is 0.842 bits per heavy atom. The van der Waals surface area contributed by atoms with Gasteiger partial charge in [0, 0.05) is 34.5 Å². The third-order valence-electron chi connectivity index (χ3n) is 8.16. The molecule has 8 rings (SSSR count). The normalized spacial score (nSPS) is 23.1. The Morgan fingerprint density at radius 2 is 1.37 bits per heavy atom. The number of carbonyl (C=O) groups is 3. The van der Waals surface area contributed by atoms with Crippen LogP contribution in [0.15, 0.2) is 84.1 Å². The molecule has 0 spiro atoms. The van der Waals surface area contributed by atoms with E-state index in [1.165, 1.54) is 0 Å². The van der Waals surface area contributed by atoms with Gasteiger partial charge in [-0.05, 0) is 35.2 Å². The standard InChI is InChI=1S/C31H25N3O4/c1-2-38-25(35)17-33-16-18(19-9-7-8-14-24(19)33)15-32-34-30(36)28-26-20-10-3-4-11-21(20)27(29(28)31(34)37)23-13-6-5-12-22(23)26/h3-16,26-29H,2,17H2,1H3/b32-15-/t26?,27?,28-,29-/m0/s1. The number of aromatic nitrogens is 1. The van der Waals surface area contributed by atoms with E-state index in [9.17, 15) is 14.4 Å². The topological polar surface area (TPSA) is 81.0 Å². The number of esters is 1. The minimum atomic E-state index is -0.473. The van der Waals surface area contributed by atoms with Gasteiger partial charge in [0.2, 0.25) is 0 Å². The molecule has 7 nitrogen and oxygen atoms in total. The zero-order valence-corrected chi connectivity index (χ0v) is 20.8. The molecule has 1 aliphatic heterocycles. The predicted octanol–water partition coefficient (Wildman–Crippen LogP) is 4.43. The average molecular weight is 504 g/mol. The fourth-order valence-electron chi connectivity index (χ4n) is 6.75. The molecule has 3 aromatic carbocycles. The Hall–Kier alpha value is -4.52. The van der Waals surface area contributed by atoms with Crippen LogP contribution in [0, 0.1) is 11.8 Å². The van der Waals surface area contributed by atoms with Crippen LogP contribution in [-0.2, 0) is 25.7 Å². The fourth-order valence-corrected chi connectivity index (χ4v) is 6.75. The molecule has 1 saturated heterocycles. The van der Waals surface area contributed by atoms with Gasteiger partial charge >= 0.3 is 5.97 Å². The number of ether oxygens (including phenoxy) is 1. The van der Waals surface area contributed by atoms with E-state index in [2.05, 4.69) is 29.4 Å². The monoisotopic (exact) mass is 503 g/mol. The lowest BCUT2D eigenvalue weighted by molar-refractivity contribution is -0.144. The summed E-state index contributed by atoms with van der Waals surface area (Å²) in [6, 6.07) is 24.0. The number of fused-ring (bicyclic) bond motifs is 1. The summed E-state index contributed by atoms with van der Waals surface area (Å²) < 4.78 is 6.92. The molecule has 2 heterocycles. The number of nitrogens with zero attached hydrogens (tertiary/aromatic N) is 3. The summed E-state index contributed by atoms with van der Waals surface area (Å²) in [5.74, 6) is -2.13. The molecule has 4 aliphatic rings. The molecule has 1 aromatic heterocycles. The molecule has 0 saturated carbocycles. The van der Waals surface area contributed by atoms with E-state index in [0.29, 0.717) is 6.61 Å². The van der Waals surface area contributed by atoms with Crippen molar-refractivity contribution < 1.29 is 19.1 Å². The second-order valence-corrected chi connectivity index (χ2v) is 10.0. The lowest BCUT2D eigenvalue weighted by Crippen LogP contribution is -2.41. The van der Waals surface area contributed by atoms with Gasteiger partial charge in [-0.15, -0.1) is 0 Å². The fraction of sp³-hybridized carbons (Fsp3) is 0.226. The van der Waals surface area contributed by atoms with Gasteiger partial charge in [-0.3, -0.25) is 14.4 Å². The Bertz CT molecular complexity index is 1550. The SMILES string of the molecule is CCOC(=O)Cn1cc(/C=N\N2C(=O)[C@H]3C4c5ccccc5C(c5ccccc54)[C@@H]3C2=O)c2ccccc21. The highest BCUT2D eigenvalue weighted by molar-refractivity contribution is 6.09. The molecule has 38 heavy (non-hydrogen) atoms. The van der Waals surface area contributed by atoms with Crippen LogP contribution in [0.2, 0.25) is 0 Å². The summed E-state index contributed by atoms with van der Waals surface area (Å²) >= 11 is 0.